The van der Waals surface area contributed by atoms with Gasteiger partial charge in [-0.1, -0.05) is 30.7 Å². The molecule has 1 atom stereocenters. The fourth-order valence-electron chi connectivity index (χ4n) is 2.02. The highest BCUT2D eigenvalue weighted by molar-refractivity contribution is 7.12. The highest BCUT2D eigenvalue weighted by Gasteiger charge is 2.12. The molecule has 0 saturated heterocycles. The van der Waals surface area contributed by atoms with E-state index in [1.807, 2.05) is 23.5 Å². The highest BCUT2D eigenvalue weighted by Crippen LogP contribution is 2.26. The van der Waals surface area contributed by atoms with Crippen LogP contribution in [0.3, 0.4) is 0 Å². The second-order valence-electron chi connectivity index (χ2n) is 4.39. The topological polar surface area (TPSA) is 12.0 Å². The van der Waals surface area contributed by atoms with Gasteiger partial charge >= 0.3 is 0 Å². The van der Waals surface area contributed by atoms with Crippen molar-refractivity contribution in [3.8, 4) is 0 Å². The van der Waals surface area contributed by atoms with E-state index in [-0.39, 0.29) is 0 Å². The lowest BCUT2D eigenvalue weighted by Gasteiger charge is -2.16. The van der Waals surface area contributed by atoms with Crippen molar-refractivity contribution in [1.82, 2.24) is 5.32 Å². The minimum atomic E-state index is 0.398. The number of hydrogen-bond acceptors (Lipinski definition) is 2. The van der Waals surface area contributed by atoms with E-state index in [1.165, 1.54) is 15.3 Å². The Hall–Kier alpha value is -0.830. The van der Waals surface area contributed by atoms with Crippen LogP contribution >= 0.6 is 22.9 Å². The Morgan fingerprint density at radius 2 is 1.89 bits per heavy atom. The van der Waals surface area contributed by atoms with Crippen LogP contribution in [0.2, 0.25) is 5.02 Å². The van der Waals surface area contributed by atoms with Gasteiger partial charge in [0.05, 0.1) is 0 Å². The summed E-state index contributed by atoms with van der Waals surface area (Å²) in [6, 6.07) is 12.9. The number of halogens is 1. The molecule has 1 aromatic carbocycles. The third-order valence-electron chi connectivity index (χ3n) is 2.91. The summed E-state index contributed by atoms with van der Waals surface area (Å²) in [5.74, 6) is 0. The number of aryl methyl sites for hydroxylation is 1. The molecule has 3 heteroatoms. The Kier molecular flexibility index (Phi) is 4.81. The van der Waals surface area contributed by atoms with Crippen LogP contribution in [-0.4, -0.2) is 6.54 Å². The van der Waals surface area contributed by atoms with Crippen LogP contribution in [0.15, 0.2) is 36.4 Å². The molecule has 0 radical (unpaired) electrons. The van der Waals surface area contributed by atoms with Crippen LogP contribution in [0.4, 0.5) is 0 Å². The van der Waals surface area contributed by atoms with Gasteiger partial charge in [0, 0.05) is 20.8 Å². The van der Waals surface area contributed by atoms with Gasteiger partial charge in [-0.2, -0.15) is 0 Å². The van der Waals surface area contributed by atoms with E-state index in [4.69, 9.17) is 11.6 Å². The van der Waals surface area contributed by atoms with Crippen molar-refractivity contribution in [2.24, 2.45) is 0 Å². The van der Waals surface area contributed by atoms with E-state index in [9.17, 15) is 0 Å². The second-order valence-corrected chi connectivity index (χ2v) is 6.15. The maximum Gasteiger partial charge on any atom is 0.0455 e. The van der Waals surface area contributed by atoms with Crippen molar-refractivity contribution in [1.29, 1.82) is 0 Å². The van der Waals surface area contributed by atoms with Gasteiger partial charge in [0.2, 0.25) is 0 Å². The van der Waals surface area contributed by atoms with Crippen molar-refractivity contribution in [2.45, 2.75) is 26.3 Å². The Morgan fingerprint density at radius 3 is 2.44 bits per heavy atom. The summed E-state index contributed by atoms with van der Waals surface area (Å²) in [5.41, 5.74) is 1.32. The van der Waals surface area contributed by atoms with Gasteiger partial charge in [0.15, 0.2) is 0 Å². The van der Waals surface area contributed by atoms with Crippen LogP contribution in [0, 0.1) is 6.92 Å². The molecular formula is C15H18ClNS. The number of benzene rings is 1. The molecule has 1 N–H and O–H groups in total. The molecule has 0 fully saturated rings. The lowest BCUT2D eigenvalue weighted by Crippen LogP contribution is -2.22. The summed E-state index contributed by atoms with van der Waals surface area (Å²) in [7, 11) is 0. The fourth-order valence-corrected chi connectivity index (χ4v) is 3.10. The van der Waals surface area contributed by atoms with Crippen LogP contribution in [0.25, 0.3) is 0 Å². The molecule has 1 aromatic heterocycles. The number of rotatable bonds is 5. The minimum absolute atomic E-state index is 0.398. The van der Waals surface area contributed by atoms with Gasteiger partial charge in [-0.05, 0) is 49.7 Å². The van der Waals surface area contributed by atoms with E-state index in [2.05, 4.69) is 43.4 Å². The molecular weight excluding hydrogens is 262 g/mol. The standard InChI is InChI=1S/C15H18ClNS/c1-3-17-14(15-9-4-11(2)18-15)10-12-5-7-13(16)8-6-12/h4-9,14,17H,3,10H2,1-2H3. The molecule has 0 bridgehead atoms. The number of thiophene rings is 1. The first-order valence-electron chi connectivity index (χ1n) is 6.23. The third-order valence-corrected chi connectivity index (χ3v) is 4.27. The molecule has 0 aliphatic carbocycles. The zero-order valence-electron chi connectivity index (χ0n) is 10.7. The fraction of sp³-hybridized carbons (Fsp3) is 0.333. The molecule has 1 unspecified atom stereocenters. The van der Waals surface area contributed by atoms with Gasteiger partial charge in [0.1, 0.15) is 0 Å². The normalized spacial score (nSPS) is 12.6. The molecule has 2 rings (SSSR count). The van der Waals surface area contributed by atoms with Crippen molar-refractivity contribution in [3.05, 3.63) is 56.7 Å². The van der Waals surface area contributed by atoms with Crippen molar-refractivity contribution < 1.29 is 0 Å². The molecule has 96 valence electrons. The van der Waals surface area contributed by atoms with Gasteiger partial charge in [-0.3, -0.25) is 0 Å². The number of nitrogens with one attached hydrogen (secondary N) is 1. The molecule has 0 aliphatic heterocycles. The van der Waals surface area contributed by atoms with Crippen LogP contribution in [0.1, 0.15) is 28.3 Å². The smallest absolute Gasteiger partial charge is 0.0455 e. The maximum atomic E-state index is 5.92. The second kappa shape index (κ2) is 6.37. The zero-order chi connectivity index (χ0) is 13.0. The molecule has 2 aromatic rings. The van der Waals surface area contributed by atoms with E-state index in [0.29, 0.717) is 6.04 Å². The van der Waals surface area contributed by atoms with Crippen LogP contribution in [-0.2, 0) is 6.42 Å². The minimum Gasteiger partial charge on any atom is -0.309 e. The van der Waals surface area contributed by atoms with E-state index in [0.717, 1.165) is 18.0 Å². The van der Waals surface area contributed by atoms with E-state index < -0.39 is 0 Å². The number of hydrogen-bond donors (Lipinski definition) is 1. The van der Waals surface area contributed by atoms with E-state index >= 15 is 0 Å². The molecule has 0 amide bonds. The summed E-state index contributed by atoms with van der Waals surface area (Å²) >= 11 is 7.79. The Morgan fingerprint density at radius 1 is 1.17 bits per heavy atom. The summed E-state index contributed by atoms with van der Waals surface area (Å²) in [6.45, 7) is 5.28. The summed E-state index contributed by atoms with van der Waals surface area (Å²) in [5, 5.41) is 4.35. The zero-order valence-corrected chi connectivity index (χ0v) is 12.3. The van der Waals surface area contributed by atoms with Crippen molar-refractivity contribution in [2.75, 3.05) is 6.54 Å². The molecule has 0 aliphatic rings. The first-order chi connectivity index (χ1) is 8.69. The average molecular weight is 280 g/mol. The lowest BCUT2D eigenvalue weighted by atomic mass is 10.0. The maximum absolute atomic E-state index is 5.92. The summed E-state index contributed by atoms with van der Waals surface area (Å²) < 4.78 is 0. The Labute approximate surface area is 118 Å². The first kappa shape index (κ1) is 13.6. The van der Waals surface area contributed by atoms with Crippen molar-refractivity contribution in [3.63, 3.8) is 0 Å². The Bertz CT molecular complexity index is 489. The van der Waals surface area contributed by atoms with Gasteiger partial charge in [0.25, 0.3) is 0 Å². The predicted molar refractivity (Wildman–Crippen MR) is 80.6 cm³/mol. The average Bonchev–Trinajstić information content (AvgIpc) is 2.78. The SMILES string of the molecule is CCNC(Cc1ccc(Cl)cc1)c1ccc(C)s1. The molecule has 0 spiro atoms. The van der Waals surface area contributed by atoms with Gasteiger partial charge < -0.3 is 5.32 Å². The van der Waals surface area contributed by atoms with Gasteiger partial charge in [-0.15, -0.1) is 11.3 Å². The quantitative estimate of drug-likeness (QED) is 0.843. The Balaban J connectivity index is 2.13. The molecule has 18 heavy (non-hydrogen) atoms. The molecule has 1 nitrogen and oxygen atoms in total. The largest absolute Gasteiger partial charge is 0.309 e. The molecule has 0 saturated carbocycles. The van der Waals surface area contributed by atoms with Crippen LogP contribution in [0.5, 0.6) is 0 Å². The van der Waals surface area contributed by atoms with Crippen molar-refractivity contribution >= 4 is 22.9 Å². The lowest BCUT2D eigenvalue weighted by molar-refractivity contribution is 0.558. The summed E-state index contributed by atoms with van der Waals surface area (Å²) in [4.78, 5) is 2.77. The highest BCUT2D eigenvalue weighted by atomic mass is 35.5. The van der Waals surface area contributed by atoms with Crippen LogP contribution < -0.4 is 5.32 Å². The van der Waals surface area contributed by atoms with Gasteiger partial charge in [-0.25, -0.2) is 0 Å². The predicted octanol–water partition coefficient (Wildman–Crippen LogP) is 4.60. The van der Waals surface area contributed by atoms with E-state index in [1.54, 1.807) is 0 Å². The summed E-state index contributed by atoms with van der Waals surface area (Å²) in [6.07, 6.45) is 1.00. The third kappa shape index (κ3) is 3.58. The molecule has 1 heterocycles. The first-order valence-corrected chi connectivity index (χ1v) is 7.42. The number of likely N-dealkylation sites (N-methyl/N-ethyl adjacent to an activating group) is 1. The monoisotopic (exact) mass is 279 g/mol.